The average Bonchev–Trinajstić information content (AvgIpc) is 3.30. The molecule has 0 N–H and O–H groups in total. The Labute approximate surface area is 185 Å². The van der Waals surface area contributed by atoms with E-state index in [0.29, 0.717) is 21.9 Å². The van der Waals surface area contributed by atoms with E-state index < -0.39 is 17.9 Å². The number of ketones is 1. The minimum absolute atomic E-state index is 0.104. The predicted molar refractivity (Wildman–Crippen MR) is 123 cm³/mol. The van der Waals surface area contributed by atoms with Crippen molar-refractivity contribution in [3.8, 4) is 0 Å². The molecule has 1 heterocycles. The van der Waals surface area contributed by atoms with Crippen molar-refractivity contribution in [2.24, 2.45) is 0 Å². The van der Waals surface area contributed by atoms with Crippen LogP contribution in [-0.4, -0.2) is 28.7 Å². The Morgan fingerprint density at radius 2 is 1.80 bits per heavy atom. The highest BCUT2D eigenvalue weighted by molar-refractivity contribution is 8.77. The maximum atomic E-state index is 12.6. The lowest BCUT2D eigenvalue weighted by atomic mass is 9.96. The lowest BCUT2D eigenvalue weighted by Crippen LogP contribution is -2.18. The molecule has 1 fully saturated rings. The lowest BCUT2D eigenvalue weighted by Gasteiger charge is -2.12. The summed E-state index contributed by atoms with van der Waals surface area (Å²) in [5, 5.41) is 0.693. The molecule has 1 saturated heterocycles. The second-order valence-electron chi connectivity index (χ2n) is 7.41. The molecule has 3 rings (SSSR count). The van der Waals surface area contributed by atoms with Crippen LogP contribution in [0.3, 0.4) is 0 Å². The molecular weight excluding hydrogens is 416 g/mol. The predicted octanol–water partition coefficient (Wildman–Crippen LogP) is 5.81. The molecule has 0 bridgehead atoms. The van der Waals surface area contributed by atoms with Crippen LogP contribution in [0.1, 0.15) is 66.4 Å². The summed E-state index contributed by atoms with van der Waals surface area (Å²) in [6.07, 6.45) is 4.32. The first-order valence-corrected chi connectivity index (χ1v) is 12.7. The van der Waals surface area contributed by atoms with E-state index in [4.69, 9.17) is 4.74 Å². The molecule has 4 nitrogen and oxygen atoms in total. The van der Waals surface area contributed by atoms with Gasteiger partial charge in [-0.25, -0.2) is 0 Å². The maximum absolute atomic E-state index is 12.6. The van der Waals surface area contributed by atoms with Crippen molar-refractivity contribution < 1.29 is 19.1 Å². The van der Waals surface area contributed by atoms with Crippen molar-refractivity contribution in [2.45, 2.75) is 50.2 Å². The summed E-state index contributed by atoms with van der Waals surface area (Å²) in [5.41, 5.74) is 1.76. The van der Waals surface area contributed by atoms with E-state index in [1.165, 1.54) is 12.2 Å². The van der Waals surface area contributed by atoms with E-state index in [1.54, 1.807) is 43.3 Å². The van der Waals surface area contributed by atoms with Gasteiger partial charge < -0.3 is 4.74 Å². The van der Waals surface area contributed by atoms with Gasteiger partial charge in [0.2, 0.25) is 0 Å². The van der Waals surface area contributed by atoms with E-state index in [9.17, 15) is 14.4 Å². The molecule has 2 aromatic carbocycles. The molecule has 0 radical (unpaired) electrons. The monoisotopic (exact) mass is 442 g/mol. The molecule has 6 heteroatoms. The van der Waals surface area contributed by atoms with Gasteiger partial charge in [0.05, 0.1) is 5.92 Å². The van der Waals surface area contributed by atoms with Crippen LogP contribution < -0.4 is 0 Å². The van der Waals surface area contributed by atoms with E-state index >= 15 is 0 Å². The Balaban J connectivity index is 1.50. The molecule has 0 aliphatic carbocycles. The van der Waals surface area contributed by atoms with Gasteiger partial charge in [-0.3, -0.25) is 14.4 Å². The van der Waals surface area contributed by atoms with Crippen LogP contribution in [0.4, 0.5) is 0 Å². The molecule has 2 aromatic rings. The van der Waals surface area contributed by atoms with Crippen LogP contribution in [0.25, 0.3) is 0 Å². The lowest BCUT2D eigenvalue weighted by molar-refractivity contribution is -0.160. The van der Waals surface area contributed by atoms with Crippen molar-refractivity contribution in [3.63, 3.8) is 0 Å². The first kappa shape index (κ1) is 22.6. The number of ether oxygens (including phenoxy) is 1. The van der Waals surface area contributed by atoms with E-state index in [1.807, 2.05) is 39.8 Å². The molecule has 1 aliphatic rings. The Bertz CT molecular complexity index is 876. The Hall–Kier alpha value is -2.05. The van der Waals surface area contributed by atoms with Gasteiger partial charge in [0.25, 0.3) is 0 Å². The minimum atomic E-state index is -0.621. The fourth-order valence-electron chi connectivity index (χ4n) is 3.30. The van der Waals surface area contributed by atoms with Gasteiger partial charge >= 0.3 is 11.9 Å². The molecule has 158 valence electrons. The van der Waals surface area contributed by atoms with Gasteiger partial charge in [0, 0.05) is 28.6 Å². The average molecular weight is 443 g/mol. The highest BCUT2D eigenvalue weighted by atomic mass is 33.1. The third-order valence-electron chi connectivity index (χ3n) is 5.14. The number of hydrogen-bond donors (Lipinski definition) is 0. The largest absolute Gasteiger partial charge is 0.393 e. The van der Waals surface area contributed by atoms with Crippen LogP contribution in [0.2, 0.25) is 0 Å². The van der Waals surface area contributed by atoms with E-state index in [-0.39, 0.29) is 12.2 Å². The van der Waals surface area contributed by atoms with Crippen LogP contribution in [0.15, 0.2) is 54.6 Å². The number of esters is 2. The number of unbranched alkanes of at least 4 members (excludes halogenated alkanes) is 1. The van der Waals surface area contributed by atoms with Crippen molar-refractivity contribution in [3.05, 3.63) is 71.3 Å². The molecule has 2 atom stereocenters. The van der Waals surface area contributed by atoms with Crippen molar-refractivity contribution in [1.29, 1.82) is 0 Å². The van der Waals surface area contributed by atoms with Gasteiger partial charge in [-0.1, -0.05) is 76.5 Å². The summed E-state index contributed by atoms with van der Waals surface area (Å²) in [5.74, 6) is -0.566. The van der Waals surface area contributed by atoms with Gasteiger partial charge in [-0.15, -0.1) is 0 Å². The van der Waals surface area contributed by atoms with E-state index in [2.05, 4.69) is 0 Å². The van der Waals surface area contributed by atoms with Gasteiger partial charge in [0.15, 0.2) is 5.78 Å². The molecule has 0 aromatic heterocycles. The zero-order valence-electron chi connectivity index (χ0n) is 17.0. The Morgan fingerprint density at radius 1 is 1.03 bits per heavy atom. The highest BCUT2D eigenvalue weighted by Gasteiger charge is 2.22. The normalized spacial score (nSPS) is 16.8. The molecule has 0 amide bonds. The summed E-state index contributed by atoms with van der Waals surface area (Å²) in [6, 6.07) is 15.9. The molecule has 0 spiro atoms. The second kappa shape index (κ2) is 11.4. The zero-order chi connectivity index (χ0) is 21.3. The summed E-state index contributed by atoms with van der Waals surface area (Å²) in [6.45, 7) is 1.69. The first-order chi connectivity index (χ1) is 14.5. The molecule has 30 heavy (non-hydrogen) atoms. The van der Waals surface area contributed by atoms with Gasteiger partial charge in [-0.2, -0.15) is 0 Å². The molecule has 1 aliphatic heterocycles. The van der Waals surface area contributed by atoms with Crippen LogP contribution in [0, 0.1) is 0 Å². The summed E-state index contributed by atoms with van der Waals surface area (Å²) >= 11 is 0. The van der Waals surface area contributed by atoms with E-state index in [0.717, 1.165) is 19.3 Å². The highest BCUT2D eigenvalue weighted by Crippen LogP contribution is 2.39. The number of carbonyl (C=O) groups excluding carboxylic acids is 3. The fraction of sp³-hybridized carbons (Fsp3) is 0.375. The fourth-order valence-corrected chi connectivity index (χ4v) is 6.33. The third kappa shape index (κ3) is 6.47. The number of rotatable bonds is 9. The van der Waals surface area contributed by atoms with Gasteiger partial charge in [-0.05, 0) is 37.8 Å². The zero-order valence-corrected chi connectivity index (χ0v) is 18.7. The second-order valence-corrected chi connectivity index (χ2v) is 10.2. The smallest absolute Gasteiger partial charge is 0.320 e. The summed E-state index contributed by atoms with van der Waals surface area (Å²) < 4.78 is 5.05. The summed E-state index contributed by atoms with van der Waals surface area (Å²) in [4.78, 5) is 37.1. The van der Waals surface area contributed by atoms with Crippen molar-refractivity contribution >= 4 is 39.3 Å². The maximum Gasteiger partial charge on any atom is 0.320 e. The Kier molecular flexibility index (Phi) is 8.58. The number of carbonyl (C=O) groups is 3. The third-order valence-corrected chi connectivity index (χ3v) is 8.14. The standard InChI is InChI=1S/C24H26O4S2/c1-17(24(27)28-22(25)13-6-5-12-21-14-15-29-30-21)19-10-7-11-20(16-19)23(26)18-8-3-2-4-9-18/h2-4,7-11,16-17,21H,5-6,12-15H2,1H3/t17?,21-/m0/s1. The van der Waals surface area contributed by atoms with Crippen LogP contribution >= 0.6 is 21.6 Å². The Morgan fingerprint density at radius 3 is 2.53 bits per heavy atom. The number of hydrogen-bond acceptors (Lipinski definition) is 6. The van der Waals surface area contributed by atoms with Crippen molar-refractivity contribution in [2.75, 3.05) is 5.75 Å². The topological polar surface area (TPSA) is 60.4 Å². The number of benzene rings is 2. The quantitative estimate of drug-likeness (QED) is 0.161. The van der Waals surface area contributed by atoms with Crippen molar-refractivity contribution in [1.82, 2.24) is 0 Å². The van der Waals surface area contributed by atoms with Crippen LogP contribution in [-0.2, 0) is 14.3 Å². The minimum Gasteiger partial charge on any atom is -0.393 e. The molecular formula is C24H26O4S2. The molecule has 0 saturated carbocycles. The van der Waals surface area contributed by atoms with Gasteiger partial charge in [0.1, 0.15) is 0 Å². The first-order valence-electron chi connectivity index (χ1n) is 10.3. The SMILES string of the molecule is CC(C(=O)OC(=O)CCCC[C@H]1CCSS1)c1cccc(C(=O)c2ccccc2)c1. The summed E-state index contributed by atoms with van der Waals surface area (Å²) in [7, 11) is 3.85. The van der Waals surface area contributed by atoms with Crippen LogP contribution in [0.5, 0.6) is 0 Å². The molecule has 1 unspecified atom stereocenters.